The lowest BCUT2D eigenvalue weighted by Gasteiger charge is -2.15. The molecule has 5 aromatic rings. The molecule has 1 amide bonds. The second kappa shape index (κ2) is 11.5. The molecule has 0 radical (unpaired) electrons. The van der Waals surface area contributed by atoms with E-state index in [9.17, 15) is 10.1 Å². The molecule has 4 nitrogen and oxygen atoms in total. The fourth-order valence-corrected chi connectivity index (χ4v) is 4.94. The first-order valence-electron chi connectivity index (χ1n) is 11.8. The van der Waals surface area contributed by atoms with E-state index in [0.29, 0.717) is 5.69 Å². The average Bonchev–Trinajstić information content (AvgIpc) is 3.32. The third-order valence-electron chi connectivity index (χ3n) is 5.98. The molecule has 38 heavy (non-hydrogen) atoms. The fraction of sp³-hybridized carbons (Fsp3) is 0. The molecular weight excluding hydrogens is 602 g/mol. The first kappa shape index (κ1) is 25.5. The number of hydrogen-bond acceptors (Lipinski definition) is 2. The molecule has 1 N–H and O–H groups in total. The third-order valence-corrected chi connectivity index (χ3v) is 7.00. The van der Waals surface area contributed by atoms with Gasteiger partial charge in [-0.1, -0.05) is 98.6 Å². The molecule has 6 heteroatoms. The average molecular weight is 623 g/mol. The lowest BCUT2D eigenvalue weighted by molar-refractivity contribution is -0.112. The summed E-state index contributed by atoms with van der Waals surface area (Å²) in [5.74, 6) is -0.470. The van der Waals surface area contributed by atoms with Crippen LogP contribution in [-0.2, 0) is 4.79 Å². The lowest BCUT2D eigenvalue weighted by atomic mass is 10.0. The number of benzene rings is 4. The van der Waals surface area contributed by atoms with Gasteiger partial charge in [0, 0.05) is 25.9 Å². The number of hydrogen-bond donors (Lipinski definition) is 1. The van der Waals surface area contributed by atoms with Crippen LogP contribution >= 0.6 is 31.9 Å². The number of aromatic nitrogens is 1. The summed E-state index contributed by atoms with van der Waals surface area (Å²) in [7, 11) is 0. The van der Waals surface area contributed by atoms with Crippen molar-refractivity contribution >= 4 is 49.5 Å². The number of nitriles is 1. The summed E-state index contributed by atoms with van der Waals surface area (Å²) in [6.07, 6.45) is 1.66. The van der Waals surface area contributed by atoms with Crippen molar-refractivity contribution < 1.29 is 4.79 Å². The minimum atomic E-state index is -0.470. The van der Waals surface area contributed by atoms with Crippen LogP contribution in [0.2, 0.25) is 0 Å². The summed E-state index contributed by atoms with van der Waals surface area (Å²) in [6.45, 7) is 0. The second-order valence-corrected chi connectivity index (χ2v) is 10.3. The van der Waals surface area contributed by atoms with Crippen molar-refractivity contribution in [1.29, 1.82) is 5.26 Å². The van der Waals surface area contributed by atoms with E-state index in [4.69, 9.17) is 0 Å². The largest absolute Gasteiger partial charge is 0.321 e. The lowest BCUT2D eigenvalue weighted by Crippen LogP contribution is -2.13. The summed E-state index contributed by atoms with van der Waals surface area (Å²) >= 11 is 6.96. The number of carbonyl (C=O) groups excluding carboxylic acids is 1. The predicted octanol–water partition coefficient (Wildman–Crippen LogP) is 8.88. The number of rotatable bonds is 6. The molecule has 1 aromatic heterocycles. The molecule has 0 unspecified atom stereocenters. The van der Waals surface area contributed by atoms with Gasteiger partial charge in [0.1, 0.15) is 11.6 Å². The van der Waals surface area contributed by atoms with E-state index in [2.05, 4.69) is 59.9 Å². The topological polar surface area (TPSA) is 57.8 Å². The van der Waals surface area contributed by atoms with E-state index in [1.54, 1.807) is 18.2 Å². The Morgan fingerprint density at radius 2 is 1.42 bits per heavy atom. The van der Waals surface area contributed by atoms with E-state index in [1.807, 2.05) is 91.0 Å². The number of anilines is 1. The molecule has 184 valence electrons. The first-order chi connectivity index (χ1) is 18.5. The van der Waals surface area contributed by atoms with Crippen molar-refractivity contribution in [3.63, 3.8) is 0 Å². The Morgan fingerprint density at radius 1 is 0.763 bits per heavy atom. The molecule has 0 aliphatic rings. The van der Waals surface area contributed by atoms with Crippen molar-refractivity contribution in [2.75, 3.05) is 5.32 Å². The zero-order chi connectivity index (χ0) is 26.5. The van der Waals surface area contributed by atoms with Gasteiger partial charge in [-0.3, -0.25) is 4.79 Å². The summed E-state index contributed by atoms with van der Waals surface area (Å²) in [5.41, 5.74) is 6.15. The molecule has 0 aliphatic carbocycles. The van der Waals surface area contributed by atoms with Crippen molar-refractivity contribution in [2.45, 2.75) is 0 Å². The van der Waals surface area contributed by atoms with E-state index < -0.39 is 5.91 Å². The minimum Gasteiger partial charge on any atom is -0.321 e. The third kappa shape index (κ3) is 5.55. The molecule has 0 saturated heterocycles. The van der Waals surface area contributed by atoms with Gasteiger partial charge in [-0.25, -0.2) is 0 Å². The Bertz CT molecular complexity index is 1670. The monoisotopic (exact) mass is 621 g/mol. The van der Waals surface area contributed by atoms with E-state index >= 15 is 0 Å². The summed E-state index contributed by atoms with van der Waals surface area (Å²) < 4.78 is 3.99. The SMILES string of the molecule is N#C/C(=C\c1cc(-c2ccccc2)n(-c2ccc(Br)cc2)c1-c1ccccc1)C(=O)Nc1cccc(Br)c1. The van der Waals surface area contributed by atoms with Crippen LogP contribution in [0.4, 0.5) is 5.69 Å². The van der Waals surface area contributed by atoms with Gasteiger partial charge >= 0.3 is 0 Å². The summed E-state index contributed by atoms with van der Waals surface area (Å²) in [4.78, 5) is 13.1. The van der Waals surface area contributed by atoms with E-state index in [0.717, 1.165) is 42.7 Å². The highest BCUT2D eigenvalue weighted by molar-refractivity contribution is 9.10. The van der Waals surface area contributed by atoms with Crippen molar-refractivity contribution in [3.8, 4) is 34.3 Å². The molecule has 4 aromatic carbocycles. The maximum absolute atomic E-state index is 13.1. The summed E-state index contributed by atoms with van der Waals surface area (Å²) in [6, 6.07) is 39.6. The standard InChI is InChI=1S/C32H21Br2N3O/c33-26-14-16-29(17-15-26)37-30(22-8-3-1-4-9-22)19-24(31(37)23-10-5-2-6-11-23)18-25(21-35)32(38)36-28-13-7-12-27(34)20-28/h1-20H,(H,36,38)/b25-18+. The zero-order valence-corrected chi connectivity index (χ0v) is 23.3. The quantitative estimate of drug-likeness (QED) is 0.152. The van der Waals surface area contributed by atoms with Gasteiger partial charge in [-0.2, -0.15) is 5.26 Å². The highest BCUT2D eigenvalue weighted by Crippen LogP contribution is 2.37. The number of halogens is 2. The fourth-order valence-electron chi connectivity index (χ4n) is 4.28. The van der Waals surface area contributed by atoms with Gasteiger partial charge in [0.05, 0.1) is 11.4 Å². The number of carbonyl (C=O) groups is 1. The van der Waals surface area contributed by atoms with Crippen LogP contribution in [0.25, 0.3) is 34.3 Å². The molecule has 0 spiro atoms. The smallest absolute Gasteiger partial charge is 0.266 e. The van der Waals surface area contributed by atoms with Gasteiger partial charge in [-0.05, 0) is 65.7 Å². The maximum atomic E-state index is 13.1. The van der Waals surface area contributed by atoms with Crippen molar-refractivity contribution in [3.05, 3.63) is 135 Å². The number of nitrogens with one attached hydrogen (secondary N) is 1. The van der Waals surface area contributed by atoms with Gasteiger partial charge < -0.3 is 9.88 Å². The molecule has 1 heterocycles. The summed E-state index contributed by atoms with van der Waals surface area (Å²) in [5, 5.41) is 12.8. The van der Waals surface area contributed by atoms with Crippen molar-refractivity contribution in [2.24, 2.45) is 0 Å². The Hall–Kier alpha value is -4.18. The first-order valence-corrected chi connectivity index (χ1v) is 13.4. The van der Waals surface area contributed by atoms with Crippen LogP contribution in [0.1, 0.15) is 5.56 Å². The number of amides is 1. The predicted molar refractivity (Wildman–Crippen MR) is 161 cm³/mol. The molecule has 0 atom stereocenters. The van der Waals surface area contributed by atoms with Crippen LogP contribution < -0.4 is 5.32 Å². The van der Waals surface area contributed by atoms with Gasteiger partial charge in [0.25, 0.3) is 5.91 Å². The molecule has 0 saturated carbocycles. The van der Waals surface area contributed by atoms with Crippen molar-refractivity contribution in [1.82, 2.24) is 4.57 Å². The van der Waals surface area contributed by atoms with Crippen LogP contribution in [-0.4, -0.2) is 10.5 Å². The van der Waals surface area contributed by atoms with E-state index in [-0.39, 0.29) is 5.57 Å². The molecular formula is C32H21Br2N3O. The van der Waals surface area contributed by atoms with Crippen LogP contribution in [0, 0.1) is 11.3 Å². The van der Waals surface area contributed by atoms with Gasteiger partial charge in [-0.15, -0.1) is 0 Å². The molecule has 5 rings (SSSR count). The van der Waals surface area contributed by atoms with Crippen LogP contribution in [0.3, 0.4) is 0 Å². The Morgan fingerprint density at radius 3 is 2.05 bits per heavy atom. The molecule has 0 fully saturated rings. The highest BCUT2D eigenvalue weighted by Gasteiger charge is 2.20. The maximum Gasteiger partial charge on any atom is 0.266 e. The minimum absolute atomic E-state index is 0.00900. The zero-order valence-electron chi connectivity index (χ0n) is 20.1. The van der Waals surface area contributed by atoms with E-state index in [1.165, 1.54) is 0 Å². The normalized spacial score (nSPS) is 11.1. The van der Waals surface area contributed by atoms with Crippen LogP contribution in [0.15, 0.2) is 130 Å². The second-order valence-electron chi connectivity index (χ2n) is 8.51. The highest BCUT2D eigenvalue weighted by atomic mass is 79.9. The van der Waals surface area contributed by atoms with Crippen LogP contribution in [0.5, 0.6) is 0 Å². The Balaban J connectivity index is 1.72. The Kier molecular flexibility index (Phi) is 7.69. The number of nitrogens with zero attached hydrogens (tertiary/aromatic N) is 2. The molecule has 0 aliphatic heterocycles. The van der Waals surface area contributed by atoms with Gasteiger partial charge in [0.2, 0.25) is 0 Å². The molecule has 0 bridgehead atoms. The van der Waals surface area contributed by atoms with Gasteiger partial charge in [0.15, 0.2) is 0 Å². The Labute approximate surface area is 238 Å².